The summed E-state index contributed by atoms with van der Waals surface area (Å²) in [4.78, 5) is 1.35. The van der Waals surface area contributed by atoms with E-state index in [0.29, 0.717) is 0 Å². The van der Waals surface area contributed by atoms with Crippen LogP contribution in [0.5, 0.6) is 0 Å². The summed E-state index contributed by atoms with van der Waals surface area (Å²) in [6.45, 7) is 0.917. The predicted octanol–water partition coefficient (Wildman–Crippen LogP) is 1.41. The second-order valence-electron chi connectivity index (χ2n) is 4.90. The van der Waals surface area contributed by atoms with Crippen LogP contribution in [-0.2, 0) is 6.54 Å². The highest BCUT2D eigenvalue weighted by Crippen LogP contribution is 2.24. The van der Waals surface area contributed by atoms with E-state index in [2.05, 4.69) is 20.2 Å². The molecule has 0 aliphatic carbocycles. The van der Waals surface area contributed by atoms with Crippen molar-refractivity contribution in [1.29, 1.82) is 0 Å². The summed E-state index contributed by atoms with van der Waals surface area (Å²) in [7, 11) is 4.23. The van der Waals surface area contributed by atoms with Gasteiger partial charge in [0.05, 0.1) is 14.1 Å². The topological polar surface area (TPSA) is 24.7 Å². The molecular weight excluding hydrogens is 222 g/mol. The molecule has 0 aliphatic heterocycles. The Morgan fingerprint density at radius 2 is 1.56 bits per heavy atom. The second-order valence-corrected chi connectivity index (χ2v) is 4.90. The first-order chi connectivity index (χ1) is 8.68. The highest BCUT2D eigenvalue weighted by atomic mass is 16.3. The van der Waals surface area contributed by atoms with Gasteiger partial charge in [0.25, 0.3) is 0 Å². The molecule has 2 rings (SSSR count). The lowest BCUT2D eigenvalue weighted by molar-refractivity contribution is -0.872. The number of aliphatic hydroxyl groups is 1. The molecule has 2 aromatic carbocycles. The van der Waals surface area contributed by atoms with Crippen LogP contribution in [0.25, 0.3) is 0 Å². The molecule has 0 saturated carbocycles. The largest absolute Gasteiger partial charge is 0.384 e. The summed E-state index contributed by atoms with van der Waals surface area (Å²) in [5.74, 6) is 0. The van der Waals surface area contributed by atoms with E-state index >= 15 is 0 Å². The zero-order valence-corrected chi connectivity index (χ0v) is 10.9. The van der Waals surface area contributed by atoms with E-state index < -0.39 is 6.10 Å². The first kappa shape index (κ1) is 12.8. The van der Waals surface area contributed by atoms with Gasteiger partial charge in [-0.25, -0.2) is 0 Å². The van der Waals surface area contributed by atoms with Crippen LogP contribution in [0.1, 0.15) is 22.8 Å². The number of hydrogen-bond donors (Lipinski definition) is 2. The van der Waals surface area contributed by atoms with E-state index in [0.717, 1.165) is 17.7 Å². The van der Waals surface area contributed by atoms with Gasteiger partial charge in [-0.2, -0.15) is 0 Å². The van der Waals surface area contributed by atoms with Crippen molar-refractivity contribution in [2.75, 3.05) is 14.1 Å². The van der Waals surface area contributed by atoms with Crippen molar-refractivity contribution >= 4 is 0 Å². The molecule has 0 saturated heterocycles. The van der Waals surface area contributed by atoms with Crippen molar-refractivity contribution in [3.63, 3.8) is 0 Å². The first-order valence-electron chi connectivity index (χ1n) is 6.28. The van der Waals surface area contributed by atoms with Crippen LogP contribution in [0.4, 0.5) is 0 Å². The average Bonchev–Trinajstić information content (AvgIpc) is 2.39. The molecule has 2 heteroatoms. The molecule has 0 spiro atoms. The smallest absolute Gasteiger partial charge is 0.105 e. The van der Waals surface area contributed by atoms with Gasteiger partial charge in [0.15, 0.2) is 0 Å². The van der Waals surface area contributed by atoms with E-state index in [4.69, 9.17) is 0 Å². The monoisotopic (exact) mass is 242 g/mol. The molecule has 0 aromatic heterocycles. The van der Waals surface area contributed by atoms with Gasteiger partial charge in [0.1, 0.15) is 12.6 Å². The van der Waals surface area contributed by atoms with E-state index in [9.17, 15) is 5.11 Å². The summed E-state index contributed by atoms with van der Waals surface area (Å²) in [6.07, 6.45) is -0.540. The highest BCUT2D eigenvalue weighted by molar-refractivity contribution is 5.35. The molecule has 0 heterocycles. The third kappa shape index (κ3) is 2.97. The van der Waals surface area contributed by atoms with Gasteiger partial charge in [0.2, 0.25) is 0 Å². The Kier molecular flexibility index (Phi) is 4.13. The van der Waals surface area contributed by atoms with Crippen LogP contribution >= 0.6 is 0 Å². The van der Waals surface area contributed by atoms with Crippen LogP contribution in [-0.4, -0.2) is 19.2 Å². The summed E-state index contributed by atoms with van der Waals surface area (Å²) in [5.41, 5.74) is 3.15. The molecule has 0 unspecified atom stereocenters. The van der Waals surface area contributed by atoms with Gasteiger partial charge < -0.3 is 10.0 Å². The van der Waals surface area contributed by atoms with Gasteiger partial charge in [-0.3, -0.25) is 0 Å². The predicted molar refractivity (Wildman–Crippen MR) is 73.5 cm³/mol. The Morgan fingerprint density at radius 1 is 0.944 bits per heavy atom. The van der Waals surface area contributed by atoms with Crippen LogP contribution in [0.3, 0.4) is 0 Å². The van der Waals surface area contributed by atoms with Gasteiger partial charge in [0, 0.05) is 5.56 Å². The Labute approximate surface area is 109 Å². The minimum absolute atomic E-state index is 0.540. The molecule has 94 valence electrons. The lowest BCUT2D eigenvalue weighted by atomic mass is 9.96. The van der Waals surface area contributed by atoms with Gasteiger partial charge in [-0.1, -0.05) is 54.6 Å². The molecule has 2 nitrogen and oxygen atoms in total. The minimum Gasteiger partial charge on any atom is -0.384 e. The Balaban J connectivity index is 2.33. The maximum absolute atomic E-state index is 10.5. The summed E-state index contributed by atoms with van der Waals surface area (Å²) in [6, 6.07) is 17.9. The van der Waals surface area contributed by atoms with Crippen LogP contribution in [0, 0.1) is 0 Å². The minimum atomic E-state index is -0.540. The zero-order chi connectivity index (χ0) is 13.0. The van der Waals surface area contributed by atoms with Gasteiger partial charge >= 0.3 is 0 Å². The SMILES string of the molecule is C[NH+](C)Cc1ccccc1[C@H](O)c1ccccc1. The van der Waals surface area contributed by atoms with Crippen molar-refractivity contribution in [2.24, 2.45) is 0 Å². The van der Waals surface area contributed by atoms with E-state index in [1.54, 1.807) is 0 Å². The molecule has 0 radical (unpaired) electrons. The van der Waals surface area contributed by atoms with E-state index in [-0.39, 0.29) is 0 Å². The van der Waals surface area contributed by atoms with Crippen molar-refractivity contribution in [3.8, 4) is 0 Å². The first-order valence-corrected chi connectivity index (χ1v) is 6.28. The van der Waals surface area contributed by atoms with Gasteiger partial charge in [-0.05, 0) is 11.1 Å². The summed E-state index contributed by atoms with van der Waals surface area (Å²) in [5, 5.41) is 10.5. The zero-order valence-electron chi connectivity index (χ0n) is 10.9. The second kappa shape index (κ2) is 5.80. The fraction of sp³-hybridized carbons (Fsp3) is 0.250. The van der Waals surface area contributed by atoms with Crippen LogP contribution in [0.2, 0.25) is 0 Å². The number of hydrogen-bond acceptors (Lipinski definition) is 1. The van der Waals surface area contributed by atoms with Crippen LogP contribution < -0.4 is 4.90 Å². The number of aliphatic hydroxyl groups excluding tert-OH is 1. The molecule has 0 amide bonds. The molecule has 18 heavy (non-hydrogen) atoms. The van der Waals surface area contributed by atoms with Crippen LogP contribution in [0.15, 0.2) is 54.6 Å². The maximum Gasteiger partial charge on any atom is 0.105 e. The van der Waals surface area contributed by atoms with Crippen molar-refractivity contribution in [3.05, 3.63) is 71.3 Å². The molecule has 1 atom stereocenters. The summed E-state index contributed by atoms with van der Waals surface area (Å²) >= 11 is 0. The number of quaternary nitrogens is 1. The molecule has 2 N–H and O–H groups in total. The van der Waals surface area contributed by atoms with E-state index in [1.165, 1.54) is 10.5 Å². The highest BCUT2D eigenvalue weighted by Gasteiger charge is 2.15. The van der Waals surface area contributed by atoms with E-state index in [1.807, 2.05) is 48.5 Å². The molecular formula is C16H20NO+. The lowest BCUT2D eigenvalue weighted by Gasteiger charge is -2.17. The molecule has 0 bridgehead atoms. The molecule has 0 aliphatic rings. The fourth-order valence-corrected chi connectivity index (χ4v) is 2.16. The molecule has 0 fully saturated rings. The number of rotatable bonds is 4. The standard InChI is InChI=1S/C16H19NO/c1-17(2)12-14-10-6-7-11-15(14)16(18)13-8-4-3-5-9-13/h3-11,16,18H,12H2,1-2H3/p+1/t16-/m1/s1. The average molecular weight is 242 g/mol. The van der Waals surface area contributed by atoms with Crippen molar-refractivity contribution in [2.45, 2.75) is 12.6 Å². The fourth-order valence-electron chi connectivity index (χ4n) is 2.16. The normalized spacial score (nSPS) is 12.7. The van der Waals surface area contributed by atoms with Crippen molar-refractivity contribution < 1.29 is 10.0 Å². The van der Waals surface area contributed by atoms with Gasteiger partial charge in [-0.15, -0.1) is 0 Å². The lowest BCUT2D eigenvalue weighted by Crippen LogP contribution is -3.04. The third-order valence-corrected chi connectivity index (χ3v) is 3.01. The Bertz CT molecular complexity index is 493. The van der Waals surface area contributed by atoms with Crippen molar-refractivity contribution in [1.82, 2.24) is 0 Å². The number of nitrogens with one attached hydrogen (secondary N) is 1. The quantitative estimate of drug-likeness (QED) is 0.832. The summed E-state index contributed by atoms with van der Waals surface area (Å²) < 4.78 is 0. The Morgan fingerprint density at radius 3 is 2.22 bits per heavy atom. The maximum atomic E-state index is 10.5. The number of benzene rings is 2. The molecule has 2 aromatic rings. The third-order valence-electron chi connectivity index (χ3n) is 3.01. The Hall–Kier alpha value is -1.64.